The van der Waals surface area contributed by atoms with Gasteiger partial charge in [0.1, 0.15) is 4.88 Å². The first kappa shape index (κ1) is 17.5. The van der Waals surface area contributed by atoms with Gasteiger partial charge in [0.15, 0.2) is 0 Å². The van der Waals surface area contributed by atoms with Crippen LogP contribution in [0.3, 0.4) is 0 Å². The smallest absolute Gasteiger partial charge is 0.429 e. The summed E-state index contributed by atoms with van der Waals surface area (Å²) in [5, 5.41) is 0.471. The van der Waals surface area contributed by atoms with Gasteiger partial charge in [0.25, 0.3) is 0 Å². The van der Waals surface area contributed by atoms with Crippen molar-refractivity contribution >= 4 is 50.9 Å². The first-order chi connectivity index (χ1) is 10.1. The lowest BCUT2D eigenvalue weighted by Gasteiger charge is -2.17. The summed E-state index contributed by atoms with van der Waals surface area (Å²) < 4.78 is 43.4. The first-order valence-corrected chi connectivity index (χ1v) is 9.09. The fourth-order valence-corrected chi connectivity index (χ4v) is 3.97. The lowest BCUT2D eigenvalue weighted by molar-refractivity contribution is 0.0486. The summed E-state index contributed by atoms with van der Waals surface area (Å²) in [7, 11) is -5.92. The largest absolute Gasteiger partial charge is 0.462 e. The van der Waals surface area contributed by atoms with Crippen LogP contribution in [0, 0.1) is 0 Å². The zero-order valence-electron chi connectivity index (χ0n) is 11.0. The monoisotopic (exact) mass is 413 g/mol. The molecule has 0 saturated carbocycles. The van der Waals surface area contributed by atoms with Gasteiger partial charge in [-0.1, -0.05) is 15.9 Å². The van der Waals surface area contributed by atoms with Gasteiger partial charge in [-0.05, 0) is 30.5 Å². The van der Waals surface area contributed by atoms with E-state index in [9.17, 15) is 23.0 Å². The van der Waals surface area contributed by atoms with E-state index in [0.717, 1.165) is 17.4 Å². The number of alkyl halides is 2. The molecule has 0 amide bonds. The van der Waals surface area contributed by atoms with Crippen LogP contribution in [0.2, 0.25) is 0 Å². The molecule has 0 fully saturated rings. The van der Waals surface area contributed by atoms with Crippen molar-refractivity contribution in [2.24, 2.45) is 0 Å². The molecule has 22 heavy (non-hydrogen) atoms. The Morgan fingerprint density at radius 3 is 2.64 bits per heavy atom. The molecule has 2 aromatic rings. The topological polar surface area (TPSA) is 83.5 Å². The molecular formula is C12H9BrF2O5PS. The molecule has 0 aliphatic rings. The van der Waals surface area contributed by atoms with E-state index >= 15 is 0 Å². The van der Waals surface area contributed by atoms with Crippen LogP contribution in [0.1, 0.15) is 22.2 Å². The van der Waals surface area contributed by atoms with Gasteiger partial charge in [-0.15, -0.1) is 16.2 Å². The Bertz CT molecular complexity index is 785. The number of rotatable bonds is 4. The van der Waals surface area contributed by atoms with Crippen LogP contribution in [-0.2, 0) is 19.9 Å². The predicted octanol–water partition coefficient (Wildman–Crippen LogP) is 4.51. The molecule has 1 aromatic carbocycles. The highest BCUT2D eigenvalue weighted by molar-refractivity contribution is 9.10. The number of fused-ring (bicyclic) bond motifs is 1. The third-order valence-electron chi connectivity index (χ3n) is 2.76. The van der Waals surface area contributed by atoms with Crippen LogP contribution in [0.4, 0.5) is 8.78 Å². The van der Waals surface area contributed by atoms with Gasteiger partial charge < -0.3 is 9.63 Å². The molecule has 0 saturated heterocycles. The quantitative estimate of drug-likeness (QED) is 0.590. The minimum absolute atomic E-state index is 0.171. The fourth-order valence-electron chi connectivity index (χ4n) is 1.74. The minimum atomic E-state index is -5.92. The maximum atomic E-state index is 13.8. The van der Waals surface area contributed by atoms with Gasteiger partial charge in [0.2, 0.25) is 0 Å². The second-order valence-electron chi connectivity index (χ2n) is 4.26. The Labute approximate surface area is 136 Å². The number of benzene rings is 1. The Kier molecular flexibility index (Phi) is 4.75. The van der Waals surface area contributed by atoms with E-state index in [1.54, 1.807) is 6.92 Å². The van der Waals surface area contributed by atoms with Crippen LogP contribution in [0.5, 0.6) is 0 Å². The van der Waals surface area contributed by atoms with Crippen molar-refractivity contribution < 1.29 is 32.7 Å². The number of hydrogen-bond donors (Lipinski definition) is 1. The Balaban J connectivity index is 2.58. The lowest BCUT2D eigenvalue weighted by atomic mass is 10.2. The van der Waals surface area contributed by atoms with E-state index in [1.807, 2.05) is 0 Å². The van der Waals surface area contributed by atoms with Crippen LogP contribution in [0.15, 0.2) is 22.7 Å². The van der Waals surface area contributed by atoms with Gasteiger partial charge in [0.05, 0.1) is 6.61 Å². The molecule has 1 radical (unpaired) electrons. The molecule has 1 unspecified atom stereocenters. The molecule has 0 bridgehead atoms. The number of ether oxygens (including phenoxy) is 1. The summed E-state index contributed by atoms with van der Waals surface area (Å²) in [6.07, 6.45) is 0. The number of thiophene rings is 1. The second-order valence-corrected chi connectivity index (χ2v) is 7.80. The molecule has 5 nitrogen and oxygen atoms in total. The maximum Gasteiger partial charge on any atom is 0.429 e. The first-order valence-electron chi connectivity index (χ1n) is 5.90. The Morgan fingerprint density at radius 2 is 2.09 bits per heavy atom. The standard InChI is InChI=1S/C12H9BrF2O5PS/c1-2-20-11(16)10-4-6-3-8(13)7(5-9(6)22-10)12(14,15)21(17,18)19/h3-5H,2H2,1H3,(H,17,18). The molecule has 10 heteroatoms. The van der Waals surface area contributed by atoms with Gasteiger partial charge in [-0.2, -0.15) is 8.78 Å². The molecule has 1 atom stereocenters. The highest BCUT2D eigenvalue weighted by Crippen LogP contribution is 2.61. The van der Waals surface area contributed by atoms with Crippen molar-refractivity contribution in [3.63, 3.8) is 0 Å². The predicted molar refractivity (Wildman–Crippen MR) is 79.9 cm³/mol. The zero-order valence-corrected chi connectivity index (χ0v) is 14.3. The zero-order chi connectivity index (χ0) is 16.7. The van der Waals surface area contributed by atoms with Gasteiger partial charge in [-0.25, -0.2) is 4.79 Å². The maximum absolute atomic E-state index is 13.8. The average Bonchev–Trinajstić information content (AvgIpc) is 2.79. The lowest BCUT2D eigenvalue weighted by Crippen LogP contribution is -2.13. The van der Waals surface area contributed by atoms with E-state index in [2.05, 4.69) is 15.9 Å². The van der Waals surface area contributed by atoms with Crippen LogP contribution >= 0.6 is 34.9 Å². The average molecular weight is 414 g/mol. The van der Waals surface area contributed by atoms with Crippen molar-refractivity contribution in [2.75, 3.05) is 6.61 Å². The van der Waals surface area contributed by atoms with Crippen LogP contribution in [-0.4, -0.2) is 17.5 Å². The molecule has 0 aliphatic heterocycles. The number of carbonyl (C=O) groups is 1. The fraction of sp³-hybridized carbons (Fsp3) is 0.250. The number of esters is 1. The van der Waals surface area contributed by atoms with E-state index in [1.165, 1.54) is 12.1 Å². The third kappa shape index (κ3) is 3.09. The van der Waals surface area contributed by atoms with E-state index in [-0.39, 0.29) is 20.7 Å². The molecule has 1 N–H and O–H groups in total. The van der Waals surface area contributed by atoms with E-state index in [4.69, 9.17) is 9.63 Å². The molecule has 119 valence electrons. The van der Waals surface area contributed by atoms with Gasteiger partial charge in [0, 0.05) is 14.7 Å². The summed E-state index contributed by atoms with van der Waals surface area (Å²) >= 11 is 3.75. The molecule has 1 aromatic heterocycles. The van der Waals surface area contributed by atoms with Gasteiger partial charge in [-0.3, -0.25) is 4.57 Å². The van der Waals surface area contributed by atoms with Crippen molar-refractivity contribution in [1.29, 1.82) is 0 Å². The number of halogens is 3. The molecular weight excluding hydrogens is 405 g/mol. The summed E-state index contributed by atoms with van der Waals surface area (Å²) in [4.78, 5) is 31.4. The summed E-state index contributed by atoms with van der Waals surface area (Å²) in [5.74, 6) is -0.593. The van der Waals surface area contributed by atoms with Crippen molar-refractivity contribution in [2.45, 2.75) is 12.6 Å². The minimum Gasteiger partial charge on any atom is -0.462 e. The van der Waals surface area contributed by atoms with Gasteiger partial charge >= 0.3 is 19.2 Å². The summed E-state index contributed by atoms with van der Waals surface area (Å²) in [6.45, 7) is 1.80. The molecule has 1 heterocycles. The molecule has 2 rings (SSSR count). The van der Waals surface area contributed by atoms with Crippen LogP contribution < -0.4 is 0 Å². The highest BCUT2D eigenvalue weighted by atomic mass is 79.9. The summed E-state index contributed by atoms with van der Waals surface area (Å²) in [6, 6.07) is 3.64. The van der Waals surface area contributed by atoms with Crippen molar-refractivity contribution in [1.82, 2.24) is 0 Å². The number of carbonyl (C=O) groups excluding carboxylic acids is 1. The normalized spacial score (nSPS) is 12.6. The van der Waals surface area contributed by atoms with Crippen molar-refractivity contribution in [3.8, 4) is 0 Å². The van der Waals surface area contributed by atoms with Crippen LogP contribution in [0.25, 0.3) is 10.1 Å². The van der Waals surface area contributed by atoms with E-state index < -0.39 is 24.8 Å². The summed E-state index contributed by atoms with van der Waals surface area (Å²) in [5.41, 5.74) is -5.33. The van der Waals surface area contributed by atoms with E-state index in [0.29, 0.717) is 5.39 Å². The second kappa shape index (κ2) is 5.98. The highest BCUT2D eigenvalue weighted by Gasteiger charge is 2.53. The third-order valence-corrected chi connectivity index (χ3v) is 5.45. The Morgan fingerprint density at radius 1 is 1.45 bits per heavy atom. The Hall–Kier alpha value is -0.860. The van der Waals surface area contributed by atoms with Crippen molar-refractivity contribution in [3.05, 3.63) is 33.1 Å². The number of hydrogen-bond acceptors (Lipinski definition) is 4. The SMILES string of the molecule is CCOC(=O)c1cc2cc(Br)c(C(F)(F)P([O])(=O)O)cc2s1. The molecule has 0 aliphatic carbocycles. The molecule has 0 spiro atoms.